The number of ketones is 1. The zero-order valence-electron chi connectivity index (χ0n) is 15.3. The number of anilines is 1. The Balaban J connectivity index is 1.78. The van der Waals surface area contributed by atoms with Gasteiger partial charge in [0.2, 0.25) is 5.91 Å². The summed E-state index contributed by atoms with van der Waals surface area (Å²) < 4.78 is 3.05. The second-order valence-corrected chi connectivity index (χ2v) is 7.38. The fraction of sp³-hybridized carbons (Fsp3) is 0.500. The average Bonchev–Trinajstić information content (AvgIpc) is 3.37. The summed E-state index contributed by atoms with van der Waals surface area (Å²) in [7, 11) is 0. The summed E-state index contributed by atoms with van der Waals surface area (Å²) in [5, 5.41) is 8.57. The molecule has 1 amide bonds. The molecule has 150 valence electrons. The number of carbonyl (C=O) groups excluding carboxylic acids is 2. The van der Waals surface area contributed by atoms with Gasteiger partial charge in [-0.25, -0.2) is 4.79 Å². The van der Waals surface area contributed by atoms with Crippen LogP contribution in [0.1, 0.15) is 48.4 Å². The third-order valence-corrected chi connectivity index (χ3v) is 5.38. The third-order valence-electron chi connectivity index (χ3n) is 4.41. The van der Waals surface area contributed by atoms with Gasteiger partial charge in [0.1, 0.15) is 17.2 Å². The van der Waals surface area contributed by atoms with E-state index in [-0.39, 0.29) is 29.6 Å². The van der Waals surface area contributed by atoms with E-state index in [4.69, 9.17) is 11.5 Å². The Bertz CT molecular complexity index is 1030. The minimum absolute atomic E-state index is 0.0699. The predicted octanol–water partition coefficient (Wildman–Crippen LogP) is -0.542. The van der Waals surface area contributed by atoms with Gasteiger partial charge in [-0.3, -0.25) is 23.9 Å². The molecule has 5 N–H and O–H groups in total. The van der Waals surface area contributed by atoms with Crippen LogP contribution in [0, 0.1) is 0 Å². The first kappa shape index (κ1) is 19.9. The number of nitrogen functional groups attached to an aromatic ring is 1. The smallest absolute Gasteiger partial charge is 0.330 e. The lowest BCUT2D eigenvalue weighted by molar-refractivity contribution is -0.118. The monoisotopic (exact) mass is 407 g/mol. The second-order valence-electron chi connectivity index (χ2n) is 6.44. The number of thioether (sulfide) groups is 1. The minimum atomic E-state index is -0.788. The maximum absolute atomic E-state index is 12.6. The first-order chi connectivity index (χ1) is 13.3. The molecule has 1 aliphatic rings. The van der Waals surface area contributed by atoms with Crippen LogP contribution in [0.3, 0.4) is 0 Å². The van der Waals surface area contributed by atoms with E-state index in [1.807, 2.05) is 6.92 Å². The number of nitrogens with zero attached hydrogens (tertiary/aromatic N) is 4. The molecule has 12 heteroatoms. The van der Waals surface area contributed by atoms with Gasteiger partial charge in [0, 0.05) is 25.4 Å². The number of nitrogens with one attached hydrogen (secondary N) is 1. The summed E-state index contributed by atoms with van der Waals surface area (Å²) in [4.78, 5) is 49.8. The highest BCUT2D eigenvalue weighted by molar-refractivity contribution is 7.99. The molecule has 11 nitrogen and oxygen atoms in total. The van der Waals surface area contributed by atoms with Crippen molar-refractivity contribution in [3.8, 4) is 0 Å². The maximum Gasteiger partial charge on any atom is 0.330 e. The molecule has 1 fully saturated rings. The van der Waals surface area contributed by atoms with Crippen molar-refractivity contribution in [2.75, 3.05) is 11.5 Å². The van der Waals surface area contributed by atoms with Crippen LogP contribution in [0.25, 0.3) is 0 Å². The first-order valence-corrected chi connectivity index (χ1v) is 9.82. The van der Waals surface area contributed by atoms with Gasteiger partial charge in [-0.1, -0.05) is 11.8 Å². The summed E-state index contributed by atoms with van der Waals surface area (Å²) in [6.45, 7) is 2.43. The van der Waals surface area contributed by atoms with Crippen molar-refractivity contribution in [1.29, 1.82) is 0 Å². The van der Waals surface area contributed by atoms with E-state index in [1.54, 1.807) is 4.57 Å². The quantitative estimate of drug-likeness (QED) is 0.367. The van der Waals surface area contributed by atoms with Crippen molar-refractivity contribution in [2.45, 2.75) is 50.4 Å². The molecule has 0 atom stereocenters. The van der Waals surface area contributed by atoms with Crippen LogP contribution in [0.15, 0.2) is 14.7 Å². The Morgan fingerprint density at radius 3 is 2.61 bits per heavy atom. The molecule has 0 bridgehead atoms. The molecular weight excluding hydrogens is 386 g/mol. The number of amides is 1. The van der Waals surface area contributed by atoms with Gasteiger partial charge in [0.05, 0.1) is 5.75 Å². The fourth-order valence-electron chi connectivity index (χ4n) is 2.90. The SMILES string of the molecule is CCn1c(CCC(N)=O)nnc1SCC(=O)c1c(N)n(C2CC2)c(=O)[nH]c1=O. The highest BCUT2D eigenvalue weighted by atomic mass is 32.2. The summed E-state index contributed by atoms with van der Waals surface area (Å²) in [5.41, 5.74) is 9.52. The van der Waals surface area contributed by atoms with E-state index in [0.29, 0.717) is 23.9 Å². The Hall–Kier alpha value is -2.89. The van der Waals surface area contributed by atoms with Crippen molar-refractivity contribution < 1.29 is 9.59 Å². The third kappa shape index (κ3) is 4.01. The molecule has 0 unspecified atom stereocenters. The molecule has 1 aliphatic carbocycles. The van der Waals surface area contributed by atoms with Gasteiger partial charge in [-0.15, -0.1) is 10.2 Å². The molecule has 28 heavy (non-hydrogen) atoms. The highest BCUT2D eigenvalue weighted by Crippen LogP contribution is 2.35. The fourth-order valence-corrected chi connectivity index (χ4v) is 3.79. The largest absolute Gasteiger partial charge is 0.384 e. The van der Waals surface area contributed by atoms with Crippen LogP contribution < -0.4 is 22.7 Å². The molecule has 0 aromatic carbocycles. The Morgan fingerprint density at radius 2 is 2.00 bits per heavy atom. The first-order valence-electron chi connectivity index (χ1n) is 8.84. The predicted molar refractivity (Wildman–Crippen MR) is 102 cm³/mol. The zero-order valence-corrected chi connectivity index (χ0v) is 16.1. The summed E-state index contributed by atoms with van der Waals surface area (Å²) in [6, 6.07) is -0.0699. The normalized spacial score (nSPS) is 13.6. The van der Waals surface area contributed by atoms with E-state index in [2.05, 4.69) is 15.2 Å². The Labute approximate surface area is 163 Å². The zero-order chi connectivity index (χ0) is 20.4. The molecule has 1 saturated carbocycles. The highest BCUT2D eigenvalue weighted by Gasteiger charge is 2.30. The molecule has 2 aromatic heterocycles. The van der Waals surface area contributed by atoms with Crippen LogP contribution in [0.2, 0.25) is 0 Å². The molecule has 0 saturated heterocycles. The van der Waals surface area contributed by atoms with Gasteiger partial charge in [-0.05, 0) is 19.8 Å². The van der Waals surface area contributed by atoms with Gasteiger partial charge < -0.3 is 16.0 Å². The van der Waals surface area contributed by atoms with Crippen molar-refractivity contribution >= 4 is 29.3 Å². The lowest BCUT2D eigenvalue weighted by Crippen LogP contribution is -2.36. The number of primary amides is 1. The number of carbonyl (C=O) groups is 2. The number of aromatic nitrogens is 5. The Kier molecular flexibility index (Phi) is 5.68. The van der Waals surface area contributed by atoms with Crippen LogP contribution >= 0.6 is 11.8 Å². The molecule has 0 radical (unpaired) electrons. The van der Waals surface area contributed by atoms with E-state index >= 15 is 0 Å². The lowest BCUT2D eigenvalue weighted by Gasteiger charge is -2.11. The number of H-pyrrole nitrogens is 1. The Morgan fingerprint density at radius 1 is 1.29 bits per heavy atom. The number of hydrogen-bond acceptors (Lipinski definition) is 8. The van der Waals surface area contributed by atoms with Crippen molar-refractivity contribution in [3.63, 3.8) is 0 Å². The number of rotatable bonds is 9. The van der Waals surface area contributed by atoms with Crippen LogP contribution in [-0.4, -0.2) is 41.8 Å². The number of hydrogen-bond donors (Lipinski definition) is 3. The van der Waals surface area contributed by atoms with Gasteiger partial charge >= 0.3 is 5.69 Å². The van der Waals surface area contributed by atoms with Crippen molar-refractivity contribution in [1.82, 2.24) is 24.3 Å². The molecule has 0 spiro atoms. The average molecular weight is 407 g/mol. The van der Waals surface area contributed by atoms with Gasteiger partial charge in [0.25, 0.3) is 5.56 Å². The van der Waals surface area contributed by atoms with Crippen LogP contribution in [-0.2, 0) is 17.8 Å². The number of Topliss-reactive ketones (excluding diaryl/α,β-unsaturated/α-hetero) is 1. The topological polar surface area (TPSA) is 172 Å². The number of nitrogens with two attached hydrogens (primary N) is 2. The number of aromatic amines is 1. The van der Waals surface area contributed by atoms with Gasteiger partial charge in [0.15, 0.2) is 10.9 Å². The minimum Gasteiger partial charge on any atom is -0.384 e. The van der Waals surface area contributed by atoms with Crippen LogP contribution in [0.4, 0.5) is 5.82 Å². The molecule has 2 heterocycles. The van der Waals surface area contributed by atoms with E-state index in [9.17, 15) is 19.2 Å². The molecular formula is C16H21N7O4S. The summed E-state index contributed by atoms with van der Waals surface area (Å²) in [5.74, 6) is -0.528. The van der Waals surface area contributed by atoms with E-state index in [0.717, 1.165) is 24.6 Å². The molecule has 3 rings (SSSR count). The van der Waals surface area contributed by atoms with E-state index < -0.39 is 22.9 Å². The van der Waals surface area contributed by atoms with Crippen molar-refractivity contribution in [3.05, 3.63) is 32.2 Å². The number of aryl methyl sites for hydroxylation is 1. The maximum atomic E-state index is 12.6. The van der Waals surface area contributed by atoms with Crippen LogP contribution in [0.5, 0.6) is 0 Å². The summed E-state index contributed by atoms with van der Waals surface area (Å²) >= 11 is 1.11. The summed E-state index contributed by atoms with van der Waals surface area (Å²) in [6.07, 6.45) is 2.07. The lowest BCUT2D eigenvalue weighted by atomic mass is 10.2. The van der Waals surface area contributed by atoms with E-state index in [1.165, 1.54) is 4.57 Å². The van der Waals surface area contributed by atoms with Crippen molar-refractivity contribution in [2.24, 2.45) is 5.73 Å². The molecule has 0 aliphatic heterocycles. The standard InChI is InChI=1S/C16H21N7O4S/c1-2-22-11(6-5-10(17)25)20-21-16(22)28-7-9(24)12-13(18)23(8-3-4-8)15(27)19-14(12)26/h8H,2-7,18H2,1H3,(H2,17,25)(H,19,26,27). The molecule has 2 aromatic rings. The van der Waals surface area contributed by atoms with Gasteiger partial charge in [-0.2, -0.15) is 0 Å². The second kappa shape index (κ2) is 8.00.